The molecule has 31 heavy (non-hydrogen) atoms. The monoisotopic (exact) mass is 515 g/mol. The molecule has 1 saturated heterocycles. The molecule has 0 aliphatic carbocycles. The Morgan fingerprint density at radius 3 is 2.68 bits per heavy atom. The Bertz CT molecular complexity index is 1290. The zero-order valence-corrected chi connectivity index (χ0v) is 19.6. The Morgan fingerprint density at radius 2 is 1.94 bits per heavy atom. The molecule has 4 heterocycles. The molecule has 0 N–H and O–H groups in total. The standard InChI is InChI=1S/C21H18BrN5O2S2/c22-15-4-1-3-14(11-15)20(29)26-8-6-25(7-9-26)13-16-12-18(28)27-21(23-16)31-19(24-27)17-5-2-10-30-17/h1-5,10-12H,6-9,13H2. The van der Waals surface area contributed by atoms with Crippen LogP contribution in [-0.4, -0.2) is 56.5 Å². The largest absolute Gasteiger partial charge is 0.336 e. The van der Waals surface area contributed by atoms with E-state index in [4.69, 9.17) is 0 Å². The third-order valence-corrected chi connectivity index (χ3v) is 7.59. The molecule has 7 nitrogen and oxygen atoms in total. The van der Waals surface area contributed by atoms with E-state index in [9.17, 15) is 9.59 Å². The van der Waals surface area contributed by atoms with Gasteiger partial charge in [0, 0.05) is 48.8 Å². The molecule has 0 spiro atoms. The summed E-state index contributed by atoms with van der Waals surface area (Å²) in [5, 5.41) is 7.21. The molecule has 1 aliphatic heterocycles. The van der Waals surface area contributed by atoms with Crippen LogP contribution in [0, 0.1) is 0 Å². The van der Waals surface area contributed by atoms with Gasteiger partial charge < -0.3 is 4.90 Å². The third-order valence-electron chi connectivity index (χ3n) is 5.15. The second-order valence-electron chi connectivity index (χ2n) is 7.24. The molecule has 3 aromatic heterocycles. The minimum atomic E-state index is -0.164. The number of hydrogen-bond acceptors (Lipinski definition) is 7. The molecule has 1 fully saturated rings. The van der Waals surface area contributed by atoms with E-state index in [0.29, 0.717) is 30.2 Å². The summed E-state index contributed by atoms with van der Waals surface area (Å²) in [6.45, 7) is 3.36. The maximum absolute atomic E-state index is 12.7. The second-order valence-corrected chi connectivity index (χ2v) is 10.1. The number of halogens is 1. The third kappa shape index (κ3) is 4.33. The zero-order valence-electron chi connectivity index (χ0n) is 16.4. The van der Waals surface area contributed by atoms with Gasteiger partial charge in [0.05, 0.1) is 10.6 Å². The van der Waals surface area contributed by atoms with Crippen LogP contribution in [0.15, 0.2) is 57.1 Å². The van der Waals surface area contributed by atoms with Gasteiger partial charge in [-0.2, -0.15) is 9.61 Å². The highest BCUT2D eigenvalue weighted by molar-refractivity contribution is 9.10. The Hall–Kier alpha value is -2.40. The molecule has 1 aliphatic rings. The summed E-state index contributed by atoms with van der Waals surface area (Å²) >= 11 is 6.44. The lowest BCUT2D eigenvalue weighted by molar-refractivity contribution is 0.0627. The number of rotatable bonds is 4. The summed E-state index contributed by atoms with van der Waals surface area (Å²) in [5.41, 5.74) is 1.26. The minimum Gasteiger partial charge on any atom is -0.336 e. The smallest absolute Gasteiger partial charge is 0.275 e. The molecular formula is C21H18BrN5O2S2. The van der Waals surface area contributed by atoms with Crippen LogP contribution >= 0.6 is 38.6 Å². The summed E-state index contributed by atoms with van der Waals surface area (Å²) in [7, 11) is 0. The van der Waals surface area contributed by atoms with Gasteiger partial charge in [0.25, 0.3) is 11.5 Å². The van der Waals surface area contributed by atoms with Crippen LogP contribution in [0.4, 0.5) is 0 Å². The van der Waals surface area contributed by atoms with Crippen LogP contribution in [0.3, 0.4) is 0 Å². The fourth-order valence-electron chi connectivity index (χ4n) is 3.58. The molecule has 0 saturated carbocycles. The van der Waals surface area contributed by atoms with E-state index in [0.717, 1.165) is 33.1 Å². The Kier molecular flexibility index (Phi) is 5.70. The van der Waals surface area contributed by atoms with Gasteiger partial charge in [0.1, 0.15) is 0 Å². The van der Waals surface area contributed by atoms with Crippen molar-refractivity contribution in [3.8, 4) is 9.88 Å². The number of thiophene rings is 1. The van der Waals surface area contributed by atoms with Gasteiger partial charge in [-0.3, -0.25) is 14.5 Å². The molecule has 1 amide bonds. The zero-order chi connectivity index (χ0) is 21.4. The summed E-state index contributed by atoms with van der Waals surface area (Å²) in [6, 6.07) is 13.0. The van der Waals surface area contributed by atoms with Gasteiger partial charge in [-0.25, -0.2) is 4.98 Å². The lowest BCUT2D eigenvalue weighted by atomic mass is 10.2. The lowest BCUT2D eigenvalue weighted by Crippen LogP contribution is -2.48. The van der Waals surface area contributed by atoms with E-state index < -0.39 is 0 Å². The Balaban J connectivity index is 1.27. The number of piperazine rings is 1. The van der Waals surface area contributed by atoms with Crippen molar-refractivity contribution in [1.29, 1.82) is 0 Å². The van der Waals surface area contributed by atoms with Gasteiger partial charge in [-0.15, -0.1) is 11.3 Å². The number of nitrogens with zero attached hydrogens (tertiary/aromatic N) is 5. The molecule has 5 rings (SSSR count). The predicted octanol–water partition coefficient (Wildman–Crippen LogP) is 3.60. The van der Waals surface area contributed by atoms with Gasteiger partial charge in [-0.05, 0) is 29.6 Å². The van der Waals surface area contributed by atoms with Gasteiger partial charge >= 0.3 is 0 Å². The lowest BCUT2D eigenvalue weighted by Gasteiger charge is -2.34. The fraction of sp³-hybridized carbons (Fsp3) is 0.238. The Morgan fingerprint density at radius 1 is 1.10 bits per heavy atom. The maximum atomic E-state index is 12.7. The van der Waals surface area contributed by atoms with Crippen molar-refractivity contribution in [3.05, 3.63) is 73.9 Å². The number of hydrogen-bond donors (Lipinski definition) is 0. The molecule has 1 aromatic carbocycles. The number of benzene rings is 1. The first-order valence-electron chi connectivity index (χ1n) is 9.78. The second kappa shape index (κ2) is 8.62. The number of amides is 1. The highest BCUT2D eigenvalue weighted by Gasteiger charge is 2.23. The van der Waals surface area contributed by atoms with E-state index in [-0.39, 0.29) is 11.5 Å². The first kappa shape index (κ1) is 20.5. The molecule has 158 valence electrons. The van der Waals surface area contributed by atoms with Crippen molar-refractivity contribution in [2.24, 2.45) is 0 Å². The van der Waals surface area contributed by atoms with E-state index in [2.05, 4.69) is 30.9 Å². The van der Waals surface area contributed by atoms with Crippen LogP contribution in [-0.2, 0) is 6.54 Å². The van der Waals surface area contributed by atoms with Crippen LogP contribution < -0.4 is 5.56 Å². The number of fused-ring (bicyclic) bond motifs is 1. The SMILES string of the molecule is O=C(c1cccc(Br)c1)N1CCN(Cc2cc(=O)n3nc(-c4cccs4)sc3n2)CC1. The fourth-order valence-corrected chi connectivity index (χ4v) is 5.69. The summed E-state index contributed by atoms with van der Waals surface area (Å²) in [6.07, 6.45) is 0. The van der Waals surface area contributed by atoms with Crippen molar-refractivity contribution < 1.29 is 4.79 Å². The normalized spacial score (nSPS) is 14.9. The van der Waals surface area contributed by atoms with Gasteiger partial charge in [0.15, 0.2) is 5.01 Å². The van der Waals surface area contributed by atoms with Crippen molar-refractivity contribution in [2.45, 2.75) is 6.54 Å². The summed E-state index contributed by atoms with van der Waals surface area (Å²) < 4.78 is 2.27. The number of aromatic nitrogens is 3. The highest BCUT2D eigenvalue weighted by atomic mass is 79.9. The van der Waals surface area contributed by atoms with Crippen LogP contribution in [0.2, 0.25) is 0 Å². The Labute approximate surface area is 194 Å². The maximum Gasteiger partial charge on any atom is 0.275 e. The summed E-state index contributed by atoms with van der Waals surface area (Å²) in [4.78, 5) is 35.7. The average Bonchev–Trinajstić information content (AvgIpc) is 3.44. The van der Waals surface area contributed by atoms with Crippen LogP contribution in [0.5, 0.6) is 0 Å². The van der Waals surface area contributed by atoms with Crippen LogP contribution in [0.1, 0.15) is 16.1 Å². The van der Waals surface area contributed by atoms with E-state index in [1.807, 2.05) is 46.7 Å². The highest BCUT2D eigenvalue weighted by Crippen LogP contribution is 2.28. The number of carbonyl (C=O) groups is 1. The molecule has 0 bridgehead atoms. The topological polar surface area (TPSA) is 70.8 Å². The molecule has 0 atom stereocenters. The molecule has 0 unspecified atom stereocenters. The van der Waals surface area contributed by atoms with Crippen molar-refractivity contribution >= 4 is 49.5 Å². The van der Waals surface area contributed by atoms with E-state index in [1.54, 1.807) is 17.4 Å². The van der Waals surface area contributed by atoms with Crippen LogP contribution in [0.25, 0.3) is 14.8 Å². The minimum absolute atomic E-state index is 0.0458. The molecule has 0 radical (unpaired) electrons. The molecule has 4 aromatic rings. The molecule has 10 heteroatoms. The van der Waals surface area contributed by atoms with Crippen molar-refractivity contribution in [3.63, 3.8) is 0 Å². The number of carbonyl (C=O) groups excluding carboxylic acids is 1. The van der Waals surface area contributed by atoms with Gasteiger partial charge in [0.2, 0.25) is 4.96 Å². The van der Waals surface area contributed by atoms with Gasteiger partial charge in [-0.1, -0.05) is 39.4 Å². The van der Waals surface area contributed by atoms with E-state index in [1.165, 1.54) is 15.9 Å². The van der Waals surface area contributed by atoms with E-state index >= 15 is 0 Å². The summed E-state index contributed by atoms with van der Waals surface area (Å²) in [5.74, 6) is 0.0458. The molecular weight excluding hydrogens is 498 g/mol. The van der Waals surface area contributed by atoms with Crippen molar-refractivity contribution in [1.82, 2.24) is 24.4 Å². The van der Waals surface area contributed by atoms with Crippen molar-refractivity contribution in [2.75, 3.05) is 26.2 Å². The quantitative estimate of drug-likeness (QED) is 0.415. The first-order valence-corrected chi connectivity index (χ1v) is 12.3. The first-order chi connectivity index (χ1) is 15.1. The predicted molar refractivity (Wildman–Crippen MR) is 126 cm³/mol. The average molecular weight is 516 g/mol.